The fourth-order valence-corrected chi connectivity index (χ4v) is 2.95. The van der Waals surface area contributed by atoms with Gasteiger partial charge >= 0.3 is 0 Å². The van der Waals surface area contributed by atoms with Crippen LogP contribution in [-0.4, -0.2) is 30.6 Å². The summed E-state index contributed by atoms with van der Waals surface area (Å²) in [6.07, 6.45) is 2.31. The molecule has 0 saturated carbocycles. The summed E-state index contributed by atoms with van der Waals surface area (Å²) in [7, 11) is 0. The molecule has 4 rings (SSSR count). The van der Waals surface area contributed by atoms with Crippen LogP contribution >= 0.6 is 0 Å². The van der Waals surface area contributed by atoms with Crippen LogP contribution in [0.5, 0.6) is 0 Å². The van der Waals surface area contributed by atoms with Crippen molar-refractivity contribution in [2.45, 2.75) is 19.9 Å². The summed E-state index contributed by atoms with van der Waals surface area (Å²) in [5, 5.41) is 13.6. The van der Waals surface area contributed by atoms with Gasteiger partial charge in [0.15, 0.2) is 0 Å². The van der Waals surface area contributed by atoms with Gasteiger partial charge in [-0.1, -0.05) is 6.07 Å². The van der Waals surface area contributed by atoms with E-state index in [0.29, 0.717) is 28.3 Å². The summed E-state index contributed by atoms with van der Waals surface area (Å²) in [6, 6.07) is 11.2. The van der Waals surface area contributed by atoms with Crippen molar-refractivity contribution in [3.63, 3.8) is 0 Å². The molecule has 0 radical (unpaired) electrons. The van der Waals surface area contributed by atoms with Gasteiger partial charge in [0.05, 0.1) is 11.9 Å². The molecule has 0 fully saturated rings. The Morgan fingerprint density at radius 3 is 2.78 bits per heavy atom. The van der Waals surface area contributed by atoms with E-state index in [4.69, 9.17) is 0 Å². The van der Waals surface area contributed by atoms with Gasteiger partial charge in [0, 0.05) is 29.2 Å². The summed E-state index contributed by atoms with van der Waals surface area (Å²) in [6.45, 7) is 1.35. The van der Waals surface area contributed by atoms with Gasteiger partial charge in [0.25, 0.3) is 6.43 Å². The summed E-state index contributed by atoms with van der Waals surface area (Å²) >= 11 is 0. The number of aryl methyl sites for hydroxylation is 1. The Balaban J connectivity index is 1.91. The molecule has 0 N–H and O–H groups in total. The standard InChI is InChI=1S/C19H14F2N6/c1-12-3-2-4-16(24-12)19-15(10-26(25-19)11-17(20)21)13-5-6-18-23-8-14(7-22)27(18)9-13/h2-6,8-10,17H,11H2,1H3. The number of pyridine rings is 2. The zero-order valence-corrected chi connectivity index (χ0v) is 14.3. The van der Waals surface area contributed by atoms with Gasteiger partial charge in [0.1, 0.15) is 29.6 Å². The highest BCUT2D eigenvalue weighted by atomic mass is 19.3. The largest absolute Gasteiger partial charge is 0.291 e. The third kappa shape index (κ3) is 3.15. The smallest absolute Gasteiger partial charge is 0.257 e. The monoisotopic (exact) mass is 364 g/mol. The first-order valence-corrected chi connectivity index (χ1v) is 8.22. The van der Waals surface area contributed by atoms with Crippen molar-refractivity contribution >= 4 is 5.65 Å². The third-order valence-corrected chi connectivity index (χ3v) is 4.15. The van der Waals surface area contributed by atoms with Gasteiger partial charge in [-0.05, 0) is 31.2 Å². The molecule has 0 amide bonds. The molecule has 0 aromatic carbocycles. The van der Waals surface area contributed by atoms with Gasteiger partial charge in [-0.3, -0.25) is 14.1 Å². The lowest BCUT2D eigenvalue weighted by Gasteiger charge is -2.04. The molecule has 0 spiro atoms. The van der Waals surface area contributed by atoms with E-state index in [1.54, 1.807) is 28.9 Å². The Hall–Kier alpha value is -3.60. The van der Waals surface area contributed by atoms with Crippen molar-refractivity contribution in [3.8, 4) is 28.6 Å². The zero-order chi connectivity index (χ0) is 19.0. The Morgan fingerprint density at radius 2 is 2.04 bits per heavy atom. The zero-order valence-electron chi connectivity index (χ0n) is 14.3. The van der Waals surface area contributed by atoms with E-state index in [1.165, 1.54) is 10.9 Å². The molecule has 4 aromatic rings. The fourth-order valence-electron chi connectivity index (χ4n) is 2.95. The summed E-state index contributed by atoms with van der Waals surface area (Å²) in [4.78, 5) is 8.64. The number of aromatic nitrogens is 5. The van der Waals surface area contributed by atoms with Crippen molar-refractivity contribution in [1.82, 2.24) is 24.1 Å². The molecule has 6 nitrogen and oxygen atoms in total. The van der Waals surface area contributed by atoms with E-state index < -0.39 is 13.0 Å². The lowest BCUT2D eigenvalue weighted by atomic mass is 10.1. The predicted molar refractivity (Wildman–Crippen MR) is 95.1 cm³/mol. The highest BCUT2D eigenvalue weighted by molar-refractivity contribution is 5.79. The molecule has 0 unspecified atom stereocenters. The summed E-state index contributed by atoms with van der Waals surface area (Å²) in [5.74, 6) is 0. The van der Waals surface area contributed by atoms with Crippen LogP contribution in [0.1, 0.15) is 11.4 Å². The number of rotatable bonds is 4. The minimum absolute atomic E-state index is 0.391. The Bertz CT molecular complexity index is 1170. The number of alkyl halides is 2. The molecule has 0 saturated heterocycles. The average molecular weight is 364 g/mol. The predicted octanol–water partition coefficient (Wildman–Crippen LogP) is 3.71. The van der Waals surface area contributed by atoms with Gasteiger partial charge in [-0.15, -0.1) is 0 Å². The van der Waals surface area contributed by atoms with Crippen LogP contribution < -0.4 is 0 Å². The first-order valence-electron chi connectivity index (χ1n) is 8.22. The van der Waals surface area contributed by atoms with Crippen LogP contribution in [0.15, 0.2) is 48.9 Å². The maximum atomic E-state index is 12.9. The number of imidazole rings is 1. The van der Waals surface area contributed by atoms with E-state index in [0.717, 1.165) is 11.3 Å². The highest BCUT2D eigenvalue weighted by Gasteiger charge is 2.17. The molecule has 0 aliphatic heterocycles. The first kappa shape index (κ1) is 16.8. The number of fused-ring (bicyclic) bond motifs is 1. The first-order chi connectivity index (χ1) is 13.0. The normalized spacial score (nSPS) is 11.2. The van der Waals surface area contributed by atoms with E-state index in [1.807, 2.05) is 25.1 Å². The van der Waals surface area contributed by atoms with Crippen molar-refractivity contribution in [1.29, 1.82) is 5.26 Å². The van der Waals surface area contributed by atoms with Crippen LogP contribution in [-0.2, 0) is 6.54 Å². The van der Waals surface area contributed by atoms with Gasteiger partial charge in [-0.2, -0.15) is 10.4 Å². The SMILES string of the molecule is Cc1cccc(-c2nn(CC(F)F)cc2-c2ccc3ncc(C#N)n3c2)n1. The van der Waals surface area contributed by atoms with E-state index in [-0.39, 0.29) is 0 Å². The van der Waals surface area contributed by atoms with Gasteiger partial charge in [-0.25, -0.2) is 13.8 Å². The van der Waals surface area contributed by atoms with Crippen molar-refractivity contribution in [2.24, 2.45) is 0 Å². The number of nitrogens with zero attached hydrogens (tertiary/aromatic N) is 6. The van der Waals surface area contributed by atoms with Gasteiger partial charge < -0.3 is 0 Å². The number of hydrogen-bond donors (Lipinski definition) is 0. The van der Waals surface area contributed by atoms with Crippen LogP contribution in [0.3, 0.4) is 0 Å². The molecular formula is C19H14F2N6. The van der Waals surface area contributed by atoms with Crippen LogP contribution in [0.25, 0.3) is 28.2 Å². The third-order valence-electron chi connectivity index (χ3n) is 4.15. The van der Waals surface area contributed by atoms with Crippen LogP contribution in [0.2, 0.25) is 0 Å². The lowest BCUT2D eigenvalue weighted by molar-refractivity contribution is 0.122. The molecule has 27 heavy (non-hydrogen) atoms. The highest BCUT2D eigenvalue weighted by Crippen LogP contribution is 2.31. The molecule has 0 aliphatic carbocycles. The van der Waals surface area contributed by atoms with E-state index >= 15 is 0 Å². The van der Waals surface area contributed by atoms with Crippen LogP contribution in [0, 0.1) is 18.3 Å². The quantitative estimate of drug-likeness (QED) is 0.553. The molecule has 4 aromatic heterocycles. The minimum Gasteiger partial charge on any atom is -0.291 e. The van der Waals surface area contributed by atoms with Crippen molar-refractivity contribution in [2.75, 3.05) is 0 Å². The van der Waals surface area contributed by atoms with Gasteiger partial charge in [0.2, 0.25) is 0 Å². The molecule has 8 heteroatoms. The topological polar surface area (TPSA) is 71.8 Å². The number of halogens is 2. The number of nitriles is 1. The van der Waals surface area contributed by atoms with Crippen molar-refractivity contribution < 1.29 is 8.78 Å². The minimum atomic E-state index is -2.52. The van der Waals surface area contributed by atoms with E-state index in [9.17, 15) is 14.0 Å². The second kappa shape index (κ2) is 6.61. The Kier molecular flexibility index (Phi) is 4.12. The Labute approximate surface area is 153 Å². The Morgan fingerprint density at radius 1 is 1.19 bits per heavy atom. The fraction of sp³-hybridized carbons (Fsp3) is 0.158. The second-order valence-electron chi connectivity index (χ2n) is 6.07. The second-order valence-corrected chi connectivity index (χ2v) is 6.07. The number of hydrogen-bond acceptors (Lipinski definition) is 4. The molecular weight excluding hydrogens is 350 g/mol. The molecule has 0 aliphatic rings. The molecule has 0 atom stereocenters. The summed E-state index contributed by atoms with van der Waals surface area (Å²) < 4.78 is 28.6. The lowest BCUT2D eigenvalue weighted by Crippen LogP contribution is -2.06. The van der Waals surface area contributed by atoms with Crippen molar-refractivity contribution in [3.05, 3.63) is 60.3 Å². The molecule has 4 heterocycles. The average Bonchev–Trinajstić information content (AvgIpc) is 3.24. The summed E-state index contributed by atoms with van der Waals surface area (Å²) in [5.41, 5.74) is 4.33. The maximum Gasteiger partial charge on any atom is 0.257 e. The van der Waals surface area contributed by atoms with E-state index in [2.05, 4.69) is 21.1 Å². The molecule has 134 valence electrons. The maximum absolute atomic E-state index is 12.9. The van der Waals surface area contributed by atoms with Crippen LogP contribution in [0.4, 0.5) is 8.78 Å². The molecule has 0 bridgehead atoms.